The summed E-state index contributed by atoms with van der Waals surface area (Å²) in [5.41, 5.74) is 0.201. The zero-order valence-electron chi connectivity index (χ0n) is 10.8. The standard InChI is InChI=1S/C14H24O2/c1-13(2,3)16-12(15)11-9-14(10-11)7-5-4-6-8-14/h11H,4-10H2,1-3H3. The highest BCUT2D eigenvalue weighted by Crippen LogP contribution is 2.55. The summed E-state index contributed by atoms with van der Waals surface area (Å²) in [5.74, 6) is 0.223. The Morgan fingerprint density at radius 3 is 2.19 bits per heavy atom. The van der Waals surface area contributed by atoms with Gasteiger partial charge in [-0.3, -0.25) is 4.79 Å². The number of hydrogen-bond acceptors (Lipinski definition) is 2. The maximum Gasteiger partial charge on any atom is 0.309 e. The van der Waals surface area contributed by atoms with E-state index in [1.807, 2.05) is 20.8 Å². The van der Waals surface area contributed by atoms with Crippen molar-refractivity contribution in [3.05, 3.63) is 0 Å². The summed E-state index contributed by atoms with van der Waals surface area (Å²) in [6.07, 6.45) is 8.96. The van der Waals surface area contributed by atoms with Crippen molar-refractivity contribution in [3.63, 3.8) is 0 Å². The lowest BCUT2D eigenvalue weighted by Gasteiger charge is -2.49. The molecule has 2 fully saturated rings. The second-order valence-electron chi connectivity index (χ2n) is 6.70. The van der Waals surface area contributed by atoms with E-state index in [2.05, 4.69) is 0 Å². The average molecular weight is 224 g/mol. The predicted octanol–water partition coefficient (Wildman–Crippen LogP) is 3.69. The van der Waals surface area contributed by atoms with Crippen LogP contribution in [0.25, 0.3) is 0 Å². The van der Waals surface area contributed by atoms with Crippen molar-refractivity contribution in [1.82, 2.24) is 0 Å². The van der Waals surface area contributed by atoms with Crippen LogP contribution in [0.15, 0.2) is 0 Å². The van der Waals surface area contributed by atoms with Crippen LogP contribution in [0.4, 0.5) is 0 Å². The predicted molar refractivity (Wildman–Crippen MR) is 64.1 cm³/mol. The molecular formula is C14H24O2. The van der Waals surface area contributed by atoms with Gasteiger partial charge in [-0.05, 0) is 51.9 Å². The molecule has 0 radical (unpaired) electrons. The summed E-state index contributed by atoms with van der Waals surface area (Å²) in [5, 5.41) is 0. The Hall–Kier alpha value is -0.530. The van der Waals surface area contributed by atoms with Gasteiger partial charge in [-0.15, -0.1) is 0 Å². The molecule has 0 aromatic heterocycles. The summed E-state index contributed by atoms with van der Waals surface area (Å²) in [4.78, 5) is 11.8. The minimum atomic E-state index is -0.327. The Morgan fingerprint density at radius 1 is 1.12 bits per heavy atom. The Balaban J connectivity index is 1.81. The molecule has 0 unspecified atom stereocenters. The number of rotatable bonds is 1. The maximum absolute atomic E-state index is 11.8. The van der Waals surface area contributed by atoms with Crippen LogP contribution in [-0.4, -0.2) is 11.6 Å². The van der Waals surface area contributed by atoms with Crippen molar-refractivity contribution in [2.24, 2.45) is 11.3 Å². The lowest BCUT2D eigenvalue weighted by Crippen LogP contribution is -2.44. The minimum absolute atomic E-state index is 0.0312. The molecule has 2 aliphatic rings. The summed E-state index contributed by atoms with van der Waals surface area (Å²) in [6.45, 7) is 5.83. The van der Waals surface area contributed by atoms with Crippen molar-refractivity contribution < 1.29 is 9.53 Å². The fraction of sp³-hybridized carbons (Fsp3) is 0.929. The van der Waals surface area contributed by atoms with Crippen molar-refractivity contribution in [1.29, 1.82) is 0 Å². The van der Waals surface area contributed by atoms with E-state index in [4.69, 9.17) is 4.74 Å². The van der Waals surface area contributed by atoms with Crippen molar-refractivity contribution in [2.45, 2.75) is 71.3 Å². The molecule has 2 saturated carbocycles. The molecular weight excluding hydrogens is 200 g/mol. The molecule has 0 aromatic carbocycles. The van der Waals surface area contributed by atoms with Gasteiger partial charge in [0.15, 0.2) is 0 Å². The molecule has 0 aromatic rings. The second kappa shape index (κ2) is 4.05. The third kappa shape index (κ3) is 2.58. The van der Waals surface area contributed by atoms with E-state index < -0.39 is 0 Å². The summed E-state index contributed by atoms with van der Waals surface area (Å²) in [7, 11) is 0. The highest BCUT2D eigenvalue weighted by atomic mass is 16.6. The fourth-order valence-electron chi connectivity index (χ4n) is 3.25. The summed E-state index contributed by atoms with van der Waals surface area (Å²) < 4.78 is 5.44. The molecule has 0 atom stereocenters. The van der Waals surface area contributed by atoms with Gasteiger partial charge in [0.05, 0.1) is 5.92 Å². The van der Waals surface area contributed by atoms with Gasteiger partial charge in [-0.25, -0.2) is 0 Å². The average Bonchev–Trinajstić information content (AvgIpc) is 2.12. The molecule has 0 N–H and O–H groups in total. The zero-order valence-corrected chi connectivity index (χ0v) is 10.8. The zero-order chi connectivity index (χ0) is 11.8. The van der Waals surface area contributed by atoms with Crippen LogP contribution in [0, 0.1) is 11.3 Å². The van der Waals surface area contributed by atoms with E-state index in [9.17, 15) is 4.79 Å². The highest BCUT2D eigenvalue weighted by Gasteiger charge is 2.48. The first-order valence-electron chi connectivity index (χ1n) is 6.63. The maximum atomic E-state index is 11.8. The lowest BCUT2D eigenvalue weighted by atomic mass is 9.56. The molecule has 0 amide bonds. The first kappa shape index (κ1) is 11.9. The Labute approximate surface area is 98.7 Å². The van der Waals surface area contributed by atoms with Gasteiger partial charge in [0, 0.05) is 0 Å². The van der Waals surface area contributed by atoms with Gasteiger partial charge < -0.3 is 4.74 Å². The molecule has 16 heavy (non-hydrogen) atoms. The molecule has 2 aliphatic carbocycles. The first-order valence-corrected chi connectivity index (χ1v) is 6.63. The van der Waals surface area contributed by atoms with Gasteiger partial charge in [-0.1, -0.05) is 19.3 Å². The van der Waals surface area contributed by atoms with Crippen molar-refractivity contribution >= 4 is 5.97 Å². The molecule has 0 bridgehead atoms. The van der Waals surface area contributed by atoms with E-state index in [-0.39, 0.29) is 17.5 Å². The van der Waals surface area contributed by atoms with Crippen LogP contribution in [0.1, 0.15) is 65.7 Å². The van der Waals surface area contributed by atoms with Gasteiger partial charge in [0.1, 0.15) is 5.60 Å². The minimum Gasteiger partial charge on any atom is -0.460 e. The second-order valence-corrected chi connectivity index (χ2v) is 6.70. The van der Waals surface area contributed by atoms with Gasteiger partial charge >= 0.3 is 5.97 Å². The molecule has 0 heterocycles. The number of esters is 1. The normalized spacial score (nSPS) is 25.2. The van der Waals surface area contributed by atoms with Crippen LogP contribution >= 0.6 is 0 Å². The number of ether oxygens (including phenoxy) is 1. The summed E-state index contributed by atoms with van der Waals surface area (Å²) >= 11 is 0. The van der Waals surface area contributed by atoms with Crippen molar-refractivity contribution in [2.75, 3.05) is 0 Å². The number of hydrogen-bond donors (Lipinski definition) is 0. The van der Waals surface area contributed by atoms with Crippen LogP contribution < -0.4 is 0 Å². The Morgan fingerprint density at radius 2 is 1.69 bits per heavy atom. The molecule has 0 aliphatic heterocycles. The van der Waals surface area contributed by atoms with Crippen LogP contribution in [0.3, 0.4) is 0 Å². The van der Waals surface area contributed by atoms with Crippen LogP contribution in [0.5, 0.6) is 0 Å². The quantitative estimate of drug-likeness (QED) is 0.635. The molecule has 1 spiro atoms. The Bertz CT molecular complexity index is 261. The topological polar surface area (TPSA) is 26.3 Å². The largest absolute Gasteiger partial charge is 0.460 e. The van der Waals surface area contributed by atoms with Crippen molar-refractivity contribution in [3.8, 4) is 0 Å². The van der Waals surface area contributed by atoms with E-state index in [1.165, 1.54) is 32.1 Å². The molecule has 0 saturated heterocycles. The first-order chi connectivity index (χ1) is 7.40. The third-order valence-corrected chi connectivity index (χ3v) is 4.01. The fourth-order valence-corrected chi connectivity index (χ4v) is 3.25. The van der Waals surface area contributed by atoms with Crippen LogP contribution in [0.2, 0.25) is 0 Å². The SMILES string of the molecule is CC(C)(C)OC(=O)C1CC2(CCCCC2)C1. The molecule has 92 valence electrons. The lowest BCUT2D eigenvalue weighted by molar-refractivity contribution is -0.169. The highest BCUT2D eigenvalue weighted by molar-refractivity contribution is 5.74. The number of carbonyl (C=O) groups excluding carboxylic acids is 1. The van der Waals surface area contributed by atoms with E-state index in [0.29, 0.717) is 5.41 Å². The smallest absolute Gasteiger partial charge is 0.309 e. The molecule has 2 rings (SSSR count). The van der Waals surface area contributed by atoms with Gasteiger partial charge in [0.2, 0.25) is 0 Å². The van der Waals surface area contributed by atoms with Gasteiger partial charge in [-0.2, -0.15) is 0 Å². The van der Waals surface area contributed by atoms with Gasteiger partial charge in [0.25, 0.3) is 0 Å². The molecule has 2 heteroatoms. The van der Waals surface area contributed by atoms with E-state index in [1.54, 1.807) is 0 Å². The Kier molecular flexibility index (Phi) is 3.02. The van der Waals surface area contributed by atoms with E-state index >= 15 is 0 Å². The van der Waals surface area contributed by atoms with E-state index in [0.717, 1.165) is 12.8 Å². The third-order valence-electron chi connectivity index (χ3n) is 4.01. The number of carbonyl (C=O) groups is 1. The molecule has 2 nitrogen and oxygen atoms in total. The van der Waals surface area contributed by atoms with Crippen LogP contribution in [-0.2, 0) is 9.53 Å². The monoisotopic (exact) mass is 224 g/mol. The summed E-state index contributed by atoms with van der Waals surface area (Å²) in [6, 6.07) is 0.